The molecule has 0 aliphatic carbocycles. The summed E-state index contributed by atoms with van der Waals surface area (Å²) in [6.45, 7) is 9.18. The number of benzene rings is 1. The molecule has 2 unspecified atom stereocenters. The first-order chi connectivity index (χ1) is 8.29. The number of carbonyl (C=O) groups excluding carboxylic acids is 1. The Bertz CT molecular complexity index is 378. The van der Waals surface area contributed by atoms with Crippen LogP contribution in [-0.2, 0) is 14.3 Å². The van der Waals surface area contributed by atoms with Gasteiger partial charge in [0.15, 0.2) is 6.10 Å². The summed E-state index contributed by atoms with van der Waals surface area (Å²) >= 11 is 0. The topological polar surface area (TPSA) is 35.5 Å². The number of hydrogen-bond donors (Lipinski definition) is 0. The number of hydrogen-bond acceptors (Lipinski definition) is 3. The predicted molar refractivity (Wildman–Crippen MR) is 71.2 cm³/mol. The van der Waals surface area contributed by atoms with E-state index in [0.29, 0.717) is 0 Å². The molecule has 3 heteroatoms. The van der Waals surface area contributed by atoms with Crippen molar-refractivity contribution in [3.05, 3.63) is 35.9 Å². The number of rotatable bonds is 4. The highest BCUT2D eigenvalue weighted by Gasteiger charge is 2.23. The largest absolute Gasteiger partial charge is 0.458 e. The minimum atomic E-state index is -0.570. The maximum atomic E-state index is 11.8. The molecule has 0 N–H and O–H groups in total. The Morgan fingerprint density at radius 2 is 1.67 bits per heavy atom. The highest BCUT2D eigenvalue weighted by atomic mass is 16.6. The standard InChI is InChI=1S/C15H22O3/c1-11(13-9-7-6-8-10-13)17-12(2)14(16)18-15(3,4)5/h6-12H,1-5H3. The zero-order chi connectivity index (χ0) is 13.8. The fourth-order valence-corrected chi connectivity index (χ4v) is 1.55. The van der Waals surface area contributed by atoms with E-state index in [4.69, 9.17) is 9.47 Å². The molecular formula is C15H22O3. The van der Waals surface area contributed by atoms with Crippen molar-refractivity contribution in [1.29, 1.82) is 0 Å². The summed E-state index contributed by atoms with van der Waals surface area (Å²) in [5.41, 5.74) is 0.568. The molecule has 0 amide bonds. The third-order valence-electron chi connectivity index (χ3n) is 2.42. The molecule has 0 aliphatic rings. The molecule has 0 fully saturated rings. The molecule has 100 valence electrons. The maximum Gasteiger partial charge on any atom is 0.335 e. The van der Waals surface area contributed by atoms with Crippen molar-refractivity contribution in [2.24, 2.45) is 0 Å². The van der Waals surface area contributed by atoms with Crippen molar-refractivity contribution in [1.82, 2.24) is 0 Å². The van der Waals surface area contributed by atoms with E-state index in [1.165, 1.54) is 0 Å². The molecule has 0 heterocycles. The molecular weight excluding hydrogens is 228 g/mol. The van der Waals surface area contributed by atoms with Gasteiger partial charge in [0.2, 0.25) is 0 Å². The lowest BCUT2D eigenvalue weighted by Crippen LogP contribution is -2.32. The number of carbonyl (C=O) groups is 1. The summed E-state index contributed by atoms with van der Waals surface area (Å²) in [4.78, 5) is 11.8. The van der Waals surface area contributed by atoms with Crippen LogP contribution in [0.25, 0.3) is 0 Å². The van der Waals surface area contributed by atoms with Crippen molar-refractivity contribution in [2.75, 3.05) is 0 Å². The second-order valence-electron chi connectivity index (χ2n) is 5.36. The van der Waals surface area contributed by atoms with E-state index in [-0.39, 0.29) is 12.1 Å². The predicted octanol–water partition coefficient (Wildman–Crippen LogP) is 3.49. The Morgan fingerprint density at radius 3 is 2.17 bits per heavy atom. The van der Waals surface area contributed by atoms with Crippen LogP contribution in [0.5, 0.6) is 0 Å². The second kappa shape index (κ2) is 6.01. The summed E-state index contributed by atoms with van der Waals surface area (Å²) < 4.78 is 10.9. The molecule has 1 rings (SSSR count). The van der Waals surface area contributed by atoms with Gasteiger partial charge in [0.25, 0.3) is 0 Å². The molecule has 1 aromatic carbocycles. The Morgan fingerprint density at radius 1 is 1.11 bits per heavy atom. The second-order valence-corrected chi connectivity index (χ2v) is 5.36. The molecule has 0 spiro atoms. The third kappa shape index (κ3) is 4.88. The van der Waals surface area contributed by atoms with E-state index < -0.39 is 11.7 Å². The minimum absolute atomic E-state index is 0.131. The summed E-state index contributed by atoms with van der Waals surface area (Å²) in [5.74, 6) is -0.328. The first-order valence-corrected chi connectivity index (χ1v) is 6.23. The van der Waals surface area contributed by atoms with Gasteiger partial charge in [0.05, 0.1) is 6.10 Å². The van der Waals surface area contributed by atoms with Gasteiger partial charge in [0.1, 0.15) is 5.60 Å². The third-order valence-corrected chi connectivity index (χ3v) is 2.42. The average molecular weight is 250 g/mol. The quantitative estimate of drug-likeness (QED) is 0.767. The smallest absolute Gasteiger partial charge is 0.335 e. The van der Waals surface area contributed by atoms with Crippen LogP contribution in [0.1, 0.15) is 46.3 Å². The van der Waals surface area contributed by atoms with Crippen LogP contribution in [0.4, 0.5) is 0 Å². The van der Waals surface area contributed by atoms with Crippen molar-refractivity contribution in [3.63, 3.8) is 0 Å². The molecule has 0 saturated heterocycles. The zero-order valence-corrected chi connectivity index (χ0v) is 11.8. The molecule has 0 saturated carbocycles. The SMILES string of the molecule is CC(OC(C)c1ccccc1)C(=O)OC(C)(C)C. The number of ether oxygens (including phenoxy) is 2. The van der Waals surface area contributed by atoms with Gasteiger partial charge in [-0.15, -0.1) is 0 Å². The van der Waals surface area contributed by atoms with Crippen molar-refractivity contribution in [2.45, 2.75) is 52.4 Å². The van der Waals surface area contributed by atoms with E-state index in [0.717, 1.165) is 5.56 Å². The highest BCUT2D eigenvalue weighted by molar-refractivity contribution is 5.74. The molecule has 1 aromatic rings. The van der Waals surface area contributed by atoms with Crippen molar-refractivity contribution < 1.29 is 14.3 Å². The first-order valence-electron chi connectivity index (χ1n) is 6.23. The van der Waals surface area contributed by atoms with Gasteiger partial charge in [-0.2, -0.15) is 0 Å². The fourth-order valence-electron chi connectivity index (χ4n) is 1.55. The van der Waals surface area contributed by atoms with Crippen molar-refractivity contribution >= 4 is 5.97 Å². The van der Waals surface area contributed by atoms with Gasteiger partial charge >= 0.3 is 5.97 Å². The summed E-state index contributed by atoms with van der Waals surface area (Å²) in [7, 11) is 0. The number of esters is 1. The van der Waals surface area contributed by atoms with Crippen LogP contribution >= 0.6 is 0 Å². The van der Waals surface area contributed by atoms with Gasteiger partial charge in [-0.05, 0) is 40.2 Å². The van der Waals surface area contributed by atoms with E-state index in [9.17, 15) is 4.79 Å². The van der Waals surface area contributed by atoms with E-state index in [1.807, 2.05) is 58.0 Å². The molecule has 2 atom stereocenters. The summed E-state index contributed by atoms with van der Waals surface area (Å²) in [5, 5.41) is 0. The first kappa shape index (κ1) is 14.7. The van der Waals surface area contributed by atoms with Crippen LogP contribution in [0.2, 0.25) is 0 Å². The van der Waals surface area contributed by atoms with Crippen LogP contribution in [0.3, 0.4) is 0 Å². The fraction of sp³-hybridized carbons (Fsp3) is 0.533. The van der Waals surface area contributed by atoms with E-state index >= 15 is 0 Å². The average Bonchev–Trinajstić information content (AvgIpc) is 2.27. The molecule has 18 heavy (non-hydrogen) atoms. The zero-order valence-electron chi connectivity index (χ0n) is 11.8. The Balaban J connectivity index is 2.55. The van der Waals surface area contributed by atoms with Gasteiger partial charge in [-0.1, -0.05) is 30.3 Å². The molecule has 0 aromatic heterocycles. The lowest BCUT2D eigenvalue weighted by Gasteiger charge is -2.24. The molecule has 0 aliphatic heterocycles. The maximum absolute atomic E-state index is 11.8. The summed E-state index contributed by atoms with van der Waals surface area (Å²) in [6, 6.07) is 9.81. The highest BCUT2D eigenvalue weighted by Crippen LogP contribution is 2.19. The molecule has 0 bridgehead atoms. The van der Waals surface area contributed by atoms with Crippen LogP contribution in [0, 0.1) is 0 Å². The van der Waals surface area contributed by atoms with Crippen LogP contribution in [0.15, 0.2) is 30.3 Å². The molecule has 3 nitrogen and oxygen atoms in total. The van der Waals surface area contributed by atoms with Crippen LogP contribution in [-0.4, -0.2) is 17.7 Å². The Kier molecular flexibility index (Phi) is 4.91. The van der Waals surface area contributed by atoms with Gasteiger partial charge < -0.3 is 9.47 Å². The van der Waals surface area contributed by atoms with Crippen LogP contribution < -0.4 is 0 Å². The van der Waals surface area contributed by atoms with Crippen molar-refractivity contribution in [3.8, 4) is 0 Å². The lowest BCUT2D eigenvalue weighted by molar-refractivity contribution is -0.170. The monoisotopic (exact) mass is 250 g/mol. The van der Waals surface area contributed by atoms with E-state index in [1.54, 1.807) is 6.92 Å². The minimum Gasteiger partial charge on any atom is -0.458 e. The molecule has 0 radical (unpaired) electrons. The van der Waals surface area contributed by atoms with Gasteiger partial charge in [-0.3, -0.25) is 0 Å². The van der Waals surface area contributed by atoms with E-state index in [2.05, 4.69) is 0 Å². The normalized spacial score (nSPS) is 14.9. The Labute approximate surface area is 109 Å². The lowest BCUT2D eigenvalue weighted by atomic mass is 10.1. The van der Waals surface area contributed by atoms with Gasteiger partial charge in [-0.25, -0.2) is 4.79 Å². The Hall–Kier alpha value is -1.35. The summed E-state index contributed by atoms with van der Waals surface area (Å²) in [6.07, 6.45) is -0.701. The van der Waals surface area contributed by atoms with Gasteiger partial charge in [0, 0.05) is 0 Å².